The average Bonchev–Trinajstić information content (AvgIpc) is 2.98. The third kappa shape index (κ3) is 10.5. The Kier molecular flexibility index (Phi) is 11.3. The second kappa shape index (κ2) is 15.3. The highest BCUT2D eigenvalue weighted by atomic mass is 16.6. The van der Waals surface area contributed by atoms with Gasteiger partial charge in [0.25, 0.3) is 5.91 Å². The van der Waals surface area contributed by atoms with Crippen LogP contribution in [0.5, 0.6) is 0 Å². The molecule has 0 fully saturated rings. The van der Waals surface area contributed by atoms with Crippen LogP contribution >= 0.6 is 0 Å². The lowest BCUT2D eigenvalue weighted by Crippen LogP contribution is -2.50. The van der Waals surface area contributed by atoms with Gasteiger partial charge in [-0.05, 0) is 80.6 Å². The van der Waals surface area contributed by atoms with Gasteiger partial charge >= 0.3 is 6.09 Å². The van der Waals surface area contributed by atoms with Crippen LogP contribution in [0, 0.1) is 0 Å². The van der Waals surface area contributed by atoms with Crippen molar-refractivity contribution >= 4 is 22.8 Å². The van der Waals surface area contributed by atoms with E-state index in [9.17, 15) is 14.7 Å². The van der Waals surface area contributed by atoms with Crippen molar-refractivity contribution in [3.8, 4) is 0 Å². The molecule has 0 bridgehead atoms. The number of hydrogen-bond acceptors (Lipinski definition) is 5. The predicted octanol–water partition coefficient (Wildman–Crippen LogP) is 5.66. The molecule has 0 radical (unpaired) electrons. The molecule has 0 saturated carbocycles. The fourth-order valence-electron chi connectivity index (χ4n) is 5.00. The zero-order valence-corrected chi connectivity index (χ0v) is 25.3. The molecule has 0 spiro atoms. The number of nitrogens with one attached hydrogen (secondary N) is 3. The largest absolute Gasteiger partial charge is 0.444 e. The Bertz CT molecular complexity index is 1450. The maximum atomic E-state index is 13.3. The van der Waals surface area contributed by atoms with Crippen LogP contribution in [0.2, 0.25) is 0 Å². The van der Waals surface area contributed by atoms with Crippen molar-refractivity contribution in [2.24, 2.45) is 0 Å². The van der Waals surface area contributed by atoms with Gasteiger partial charge in [-0.2, -0.15) is 0 Å². The number of amides is 2. The van der Waals surface area contributed by atoms with E-state index >= 15 is 0 Å². The van der Waals surface area contributed by atoms with Crippen LogP contribution in [0.25, 0.3) is 10.8 Å². The van der Waals surface area contributed by atoms with Crippen LogP contribution in [0.4, 0.5) is 4.79 Å². The summed E-state index contributed by atoms with van der Waals surface area (Å²) < 4.78 is 5.45. The van der Waals surface area contributed by atoms with Gasteiger partial charge in [-0.25, -0.2) is 4.79 Å². The lowest BCUT2D eigenvalue weighted by molar-refractivity contribution is 0.0422. The van der Waals surface area contributed by atoms with E-state index in [0.717, 1.165) is 21.9 Å². The summed E-state index contributed by atoms with van der Waals surface area (Å²) in [5.41, 5.74) is 2.12. The van der Waals surface area contributed by atoms with Gasteiger partial charge < -0.3 is 25.8 Å². The molecule has 4 aromatic rings. The van der Waals surface area contributed by atoms with Gasteiger partial charge in [0.1, 0.15) is 5.60 Å². The number of aliphatic hydroxyl groups excluding tert-OH is 1. The van der Waals surface area contributed by atoms with Crippen molar-refractivity contribution < 1.29 is 19.4 Å². The first-order valence-electron chi connectivity index (χ1n) is 14.9. The zero-order chi connectivity index (χ0) is 30.7. The number of hydrogen-bond donors (Lipinski definition) is 4. The summed E-state index contributed by atoms with van der Waals surface area (Å²) in [6.07, 6.45) is 0.381. The summed E-state index contributed by atoms with van der Waals surface area (Å²) in [5.74, 6) is -0.115. The predicted molar refractivity (Wildman–Crippen MR) is 172 cm³/mol. The Labute approximate surface area is 254 Å². The van der Waals surface area contributed by atoms with Crippen molar-refractivity contribution in [2.45, 2.75) is 63.8 Å². The zero-order valence-electron chi connectivity index (χ0n) is 25.3. The topological polar surface area (TPSA) is 99.7 Å². The van der Waals surface area contributed by atoms with E-state index < -0.39 is 23.8 Å². The molecule has 4 rings (SSSR count). The molecule has 7 heteroatoms. The van der Waals surface area contributed by atoms with Crippen molar-refractivity contribution in [2.75, 3.05) is 13.1 Å². The molecular formula is C36H43N3O4. The third-order valence-electron chi connectivity index (χ3n) is 7.16. The van der Waals surface area contributed by atoms with E-state index in [1.807, 2.05) is 91.0 Å². The molecular weight excluding hydrogens is 538 g/mol. The number of ether oxygens (including phenoxy) is 1. The number of rotatable bonds is 13. The number of carbonyl (C=O) groups is 2. The maximum Gasteiger partial charge on any atom is 0.407 e. The third-order valence-corrected chi connectivity index (χ3v) is 7.16. The van der Waals surface area contributed by atoms with Crippen LogP contribution in [0.1, 0.15) is 48.7 Å². The first kappa shape index (κ1) is 31.7. The molecule has 3 atom stereocenters. The molecule has 43 heavy (non-hydrogen) atoms. The number of alkyl carbamates (subject to hydrolysis) is 1. The Morgan fingerprint density at radius 2 is 1.37 bits per heavy atom. The number of aliphatic hydroxyl groups is 1. The van der Waals surface area contributed by atoms with Crippen LogP contribution in [-0.2, 0) is 17.6 Å². The standard InChI is InChI=1S/C36H43N3O4/c1-36(2,3)43-35(42)39-32(23-27-14-8-5-9-15-27)33(40)25-37-21-20-31(22-26-12-6-4-7-13-26)38-34(41)30-19-18-28-16-10-11-17-29(28)24-30/h4-19,24,31-33,37,40H,20-23,25H2,1-3H3,(H,38,41)(H,39,42)/t31-,32+,33-/m1/s1. The molecule has 0 aliphatic heterocycles. The molecule has 226 valence electrons. The summed E-state index contributed by atoms with van der Waals surface area (Å²) in [6, 6.07) is 32.9. The van der Waals surface area contributed by atoms with E-state index in [0.29, 0.717) is 31.4 Å². The van der Waals surface area contributed by atoms with Gasteiger partial charge in [-0.15, -0.1) is 0 Å². The molecule has 0 heterocycles. The summed E-state index contributed by atoms with van der Waals surface area (Å²) in [7, 11) is 0. The number of fused-ring (bicyclic) bond motifs is 1. The van der Waals surface area contributed by atoms with Crippen LogP contribution in [0.3, 0.4) is 0 Å². The maximum absolute atomic E-state index is 13.3. The molecule has 2 amide bonds. The minimum absolute atomic E-state index is 0.115. The summed E-state index contributed by atoms with van der Waals surface area (Å²) in [5, 5.41) is 22.6. The second-order valence-electron chi connectivity index (χ2n) is 11.9. The highest BCUT2D eigenvalue weighted by molar-refractivity contribution is 5.98. The van der Waals surface area contributed by atoms with Crippen LogP contribution in [0.15, 0.2) is 103 Å². The van der Waals surface area contributed by atoms with E-state index in [1.54, 1.807) is 20.8 Å². The molecule has 4 aromatic carbocycles. The fraction of sp³-hybridized carbons (Fsp3) is 0.333. The second-order valence-corrected chi connectivity index (χ2v) is 11.9. The Hall–Kier alpha value is -4.20. The first-order valence-corrected chi connectivity index (χ1v) is 14.9. The minimum Gasteiger partial charge on any atom is -0.444 e. The van der Waals surface area contributed by atoms with Gasteiger partial charge in [0.2, 0.25) is 0 Å². The smallest absolute Gasteiger partial charge is 0.407 e. The van der Waals surface area contributed by atoms with Crippen molar-refractivity contribution in [1.82, 2.24) is 16.0 Å². The van der Waals surface area contributed by atoms with Gasteiger partial charge in [-0.3, -0.25) is 4.79 Å². The summed E-state index contributed by atoms with van der Waals surface area (Å²) in [6.45, 7) is 6.26. The van der Waals surface area contributed by atoms with Gasteiger partial charge in [0, 0.05) is 18.2 Å². The summed E-state index contributed by atoms with van der Waals surface area (Å²) >= 11 is 0. The van der Waals surface area contributed by atoms with E-state index in [-0.39, 0.29) is 18.5 Å². The molecule has 0 unspecified atom stereocenters. The van der Waals surface area contributed by atoms with Gasteiger partial charge in [-0.1, -0.05) is 91.0 Å². The Morgan fingerprint density at radius 1 is 0.767 bits per heavy atom. The van der Waals surface area contributed by atoms with E-state index in [4.69, 9.17) is 4.74 Å². The molecule has 4 N–H and O–H groups in total. The lowest BCUT2D eigenvalue weighted by atomic mass is 10.0. The van der Waals surface area contributed by atoms with Crippen molar-refractivity contribution in [3.63, 3.8) is 0 Å². The van der Waals surface area contributed by atoms with Crippen LogP contribution < -0.4 is 16.0 Å². The van der Waals surface area contributed by atoms with E-state index in [1.165, 1.54) is 0 Å². The first-order chi connectivity index (χ1) is 20.7. The van der Waals surface area contributed by atoms with Gasteiger partial charge in [0.05, 0.1) is 12.1 Å². The molecule has 0 saturated heterocycles. The normalized spacial score (nSPS) is 13.6. The van der Waals surface area contributed by atoms with Crippen molar-refractivity contribution in [3.05, 3.63) is 120 Å². The molecule has 7 nitrogen and oxygen atoms in total. The quantitative estimate of drug-likeness (QED) is 0.153. The molecule has 0 aromatic heterocycles. The number of carbonyl (C=O) groups excluding carboxylic acids is 2. The van der Waals surface area contributed by atoms with E-state index in [2.05, 4.69) is 28.1 Å². The highest BCUT2D eigenvalue weighted by Gasteiger charge is 2.25. The summed E-state index contributed by atoms with van der Waals surface area (Å²) in [4.78, 5) is 25.8. The Morgan fingerprint density at radius 3 is 2.02 bits per heavy atom. The van der Waals surface area contributed by atoms with Crippen LogP contribution in [-0.4, -0.2) is 54.0 Å². The lowest BCUT2D eigenvalue weighted by Gasteiger charge is -2.27. The van der Waals surface area contributed by atoms with Crippen molar-refractivity contribution in [1.29, 1.82) is 0 Å². The molecule has 0 aliphatic carbocycles. The molecule has 0 aliphatic rings. The monoisotopic (exact) mass is 581 g/mol. The Balaban J connectivity index is 1.37. The fourth-order valence-corrected chi connectivity index (χ4v) is 5.00. The number of benzene rings is 4. The van der Waals surface area contributed by atoms with Gasteiger partial charge in [0.15, 0.2) is 0 Å². The SMILES string of the molecule is CC(C)(C)OC(=O)N[C@@H](Cc1ccccc1)[C@H](O)CNCC[C@H](Cc1ccccc1)NC(=O)c1ccc2ccccc2c1. The average molecular weight is 582 g/mol. The highest BCUT2D eigenvalue weighted by Crippen LogP contribution is 2.16. The minimum atomic E-state index is -0.854.